The normalized spacial score (nSPS) is 12.1. The van der Waals surface area contributed by atoms with Crippen LogP contribution in [0.5, 0.6) is 11.5 Å². The number of carbonyl (C=O) groups excluding carboxylic acids is 3. The van der Waals surface area contributed by atoms with Crippen molar-refractivity contribution in [1.29, 1.82) is 0 Å². The number of ketones is 1. The molecule has 1 aromatic carbocycles. The maximum absolute atomic E-state index is 13.0. The number of amides is 2. The summed E-state index contributed by atoms with van der Waals surface area (Å²) in [5, 5.41) is 16.2. The smallest absolute Gasteiger partial charge is 0.330 e. The Kier molecular flexibility index (Phi) is 11.5. The molecule has 2 amide bonds. The van der Waals surface area contributed by atoms with E-state index in [1.54, 1.807) is 43.4 Å². The average Bonchev–Trinajstić information content (AvgIpc) is 3.35. The van der Waals surface area contributed by atoms with Crippen LogP contribution in [-0.4, -0.2) is 54.7 Å². The van der Waals surface area contributed by atoms with Gasteiger partial charge in [-0.25, -0.2) is 4.79 Å². The number of hydrogen-bond acceptors (Lipinski definition) is 8. The highest BCUT2D eigenvalue weighted by molar-refractivity contribution is 7.99. The van der Waals surface area contributed by atoms with Crippen molar-refractivity contribution in [3.05, 3.63) is 57.9 Å². The first kappa shape index (κ1) is 28.9. The Morgan fingerprint density at radius 3 is 2.47 bits per heavy atom. The third-order valence-corrected chi connectivity index (χ3v) is 7.03. The van der Waals surface area contributed by atoms with Crippen LogP contribution in [0.4, 0.5) is 0 Å². The number of carboxylic acids is 1. The van der Waals surface area contributed by atoms with Gasteiger partial charge in [-0.1, -0.05) is 19.9 Å². The summed E-state index contributed by atoms with van der Waals surface area (Å²) in [4.78, 5) is 50.8. The van der Waals surface area contributed by atoms with E-state index in [2.05, 4.69) is 10.6 Å². The van der Waals surface area contributed by atoms with Crippen molar-refractivity contribution in [3.8, 4) is 11.5 Å². The lowest BCUT2D eigenvalue weighted by molar-refractivity contribution is -0.132. The summed E-state index contributed by atoms with van der Waals surface area (Å²) in [6, 6.07) is 7.90. The van der Waals surface area contributed by atoms with Crippen LogP contribution < -0.4 is 20.1 Å². The zero-order valence-corrected chi connectivity index (χ0v) is 22.2. The molecule has 0 aliphatic rings. The Labute approximate surface area is 218 Å². The van der Waals surface area contributed by atoms with E-state index < -0.39 is 29.6 Å². The fourth-order valence-corrected chi connectivity index (χ4v) is 4.94. The fourth-order valence-electron chi connectivity index (χ4n) is 3.19. The molecule has 0 unspecified atom stereocenters. The number of thiophene rings is 1. The number of benzene rings is 1. The van der Waals surface area contributed by atoms with E-state index in [-0.39, 0.29) is 23.8 Å². The second-order valence-electron chi connectivity index (χ2n) is 8.02. The lowest BCUT2D eigenvalue weighted by Crippen LogP contribution is -2.50. The number of aliphatic carboxylic acids is 1. The molecule has 3 N–H and O–H groups in total. The number of Topliss-reactive ketones (excluding diaryl/α,β-unsaturated/α-hetero) is 1. The number of ether oxygens (including phenoxy) is 2. The molecule has 2 aromatic rings. The van der Waals surface area contributed by atoms with Crippen LogP contribution >= 0.6 is 23.1 Å². The first-order valence-electron chi connectivity index (χ1n) is 11.0. The lowest BCUT2D eigenvalue weighted by atomic mass is 10.0. The molecule has 36 heavy (non-hydrogen) atoms. The largest absolute Gasteiger partial charge is 0.497 e. The molecule has 1 atom stereocenters. The van der Waals surface area contributed by atoms with Crippen LogP contribution in [0.2, 0.25) is 0 Å². The minimum atomic E-state index is -1.36. The van der Waals surface area contributed by atoms with E-state index >= 15 is 0 Å². The van der Waals surface area contributed by atoms with Gasteiger partial charge < -0.3 is 25.2 Å². The summed E-state index contributed by atoms with van der Waals surface area (Å²) in [5.41, 5.74) is 0.238. The van der Waals surface area contributed by atoms with E-state index in [1.807, 2.05) is 17.5 Å². The van der Waals surface area contributed by atoms with E-state index in [0.717, 1.165) is 4.88 Å². The molecule has 0 bridgehead atoms. The number of rotatable bonds is 14. The maximum atomic E-state index is 13.0. The molecule has 1 aromatic heterocycles. The zero-order chi connectivity index (χ0) is 26.7. The molecule has 1 heterocycles. The Hall–Kier alpha value is -3.31. The standard InChI is InChI=1S/C25H30N2O7S2/c1-15(2)24(27-22(29)11-16-10-17(33-3)7-8-21(16)34-4)25(32)26-19(12-23(30)31)20(28)14-35-13-18-6-5-9-36-18/h5-10,12,15,24H,11,13-14H2,1-4H3,(H,26,32)(H,27,29)(H,30,31)/t24-/m0/s1. The van der Waals surface area contributed by atoms with Crippen molar-refractivity contribution in [2.24, 2.45) is 5.92 Å². The number of methoxy groups -OCH3 is 2. The van der Waals surface area contributed by atoms with Crippen molar-refractivity contribution < 1.29 is 33.8 Å². The zero-order valence-electron chi connectivity index (χ0n) is 20.5. The third kappa shape index (κ3) is 9.04. The van der Waals surface area contributed by atoms with Crippen molar-refractivity contribution in [3.63, 3.8) is 0 Å². The van der Waals surface area contributed by atoms with Crippen molar-refractivity contribution in [2.45, 2.75) is 32.1 Å². The number of nitrogens with one attached hydrogen (secondary N) is 2. The molecular weight excluding hydrogens is 504 g/mol. The topological polar surface area (TPSA) is 131 Å². The Balaban J connectivity index is 2.07. The third-order valence-electron chi connectivity index (χ3n) is 4.99. The van der Waals surface area contributed by atoms with Gasteiger partial charge in [0, 0.05) is 16.2 Å². The van der Waals surface area contributed by atoms with Gasteiger partial charge in [-0.05, 0) is 35.6 Å². The van der Waals surface area contributed by atoms with Crippen LogP contribution in [0, 0.1) is 5.92 Å². The Bertz CT molecular complexity index is 1100. The van der Waals surface area contributed by atoms with Crippen molar-refractivity contribution in [2.75, 3.05) is 20.0 Å². The summed E-state index contributed by atoms with van der Waals surface area (Å²) in [6.45, 7) is 3.46. The highest BCUT2D eigenvalue weighted by atomic mass is 32.2. The number of thioether (sulfide) groups is 1. The minimum Gasteiger partial charge on any atom is -0.497 e. The number of carbonyl (C=O) groups is 4. The predicted molar refractivity (Wildman–Crippen MR) is 139 cm³/mol. The van der Waals surface area contributed by atoms with Gasteiger partial charge in [0.15, 0.2) is 5.78 Å². The van der Waals surface area contributed by atoms with Crippen LogP contribution in [0.25, 0.3) is 0 Å². The Morgan fingerprint density at radius 1 is 1.14 bits per heavy atom. The van der Waals surface area contributed by atoms with Gasteiger partial charge in [0.05, 0.1) is 38.2 Å². The highest BCUT2D eigenvalue weighted by Crippen LogP contribution is 2.24. The SMILES string of the molecule is COc1ccc(OC)c(CC(=O)N[C@H](C(=O)NC(=CC(=O)O)C(=O)CSCc2cccs2)C(C)C)c1. The second kappa shape index (κ2) is 14.3. The summed E-state index contributed by atoms with van der Waals surface area (Å²) >= 11 is 2.87. The molecule has 0 aliphatic carbocycles. The highest BCUT2D eigenvalue weighted by Gasteiger charge is 2.27. The van der Waals surface area contributed by atoms with Gasteiger partial charge >= 0.3 is 5.97 Å². The molecule has 0 saturated heterocycles. The molecule has 9 nitrogen and oxygen atoms in total. The van der Waals surface area contributed by atoms with Gasteiger partial charge in [0.2, 0.25) is 11.8 Å². The average molecular weight is 535 g/mol. The first-order chi connectivity index (χ1) is 17.1. The van der Waals surface area contributed by atoms with Crippen molar-refractivity contribution in [1.82, 2.24) is 10.6 Å². The van der Waals surface area contributed by atoms with Crippen molar-refractivity contribution >= 4 is 46.7 Å². The summed E-state index contributed by atoms with van der Waals surface area (Å²) < 4.78 is 10.5. The molecule has 194 valence electrons. The minimum absolute atomic E-state index is 0.00830. The predicted octanol–water partition coefficient (Wildman–Crippen LogP) is 3.04. The molecule has 2 rings (SSSR count). The van der Waals surface area contributed by atoms with Crippen LogP contribution in [0.1, 0.15) is 24.3 Å². The Morgan fingerprint density at radius 2 is 1.89 bits per heavy atom. The maximum Gasteiger partial charge on any atom is 0.330 e. The number of hydrogen-bond donors (Lipinski definition) is 3. The summed E-state index contributed by atoms with van der Waals surface area (Å²) in [6.07, 6.45) is 0.596. The summed E-state index contributed by atoms with van der Waals surface area (Å²) in [5.74, 6) is -1.72. The van der Waals surface area contributed by atoms with Gasteiger partial charge in [0.25, 0.3) is 0 Å². The molecule has 11 heteroatoms. The quantitative estimate of drug-likeness (QED) is 0.315. The van der Waals surface area contributed by atoms with Crippen LogP contribution in [-0.2, 0) is 31.4 Å². The van der Waals surface area contributed by atoms with Gasteiger partial charge in [0.1, 0.15) is 17.5 Å². The van der Waals surface area contributed by atoms with E-state index in [1.165, 1.54) is 26.0 Å². The molecule has 0 fully saturated rings. The van der Waals surface area contributed by atoms with E-state index in [0.29, 0.717) is 28.9 Å². The van der Waals surface area contributed by atoms with E-state index in [9.17, 15) is 24.3 Å². The van der Waals surface area contributed by atoms with Gasteiger partial charge in [-0.2, -0.15) is 0 Å². The number of carboxylic acid groups (broad SMARTS) is 1. The monoisotopic (exact) mass is 534 g/mol. The molecular formula is C25H30N2O7S2. The van der Waals surface area contributed by atoms with Gasteiger partial charge in [-0.3, -0.25) is 14.4 Å². The molecule has 0 aliphatic heterocycles. The van der Waals surface area contributed by atoms with E-state index in [4.69, 9.17) is 9.47 Å². The number of allylic oxidation sites excluding steroid dienone is 1. The second-order valence-corrected chi connectivity index (χ2v) is 10.0. The van der Waals surface area contributed by atoms with Gasteiger partial charge in [-0.15, -0.1) is 23.1 Å². The van der Waals surface area contributed by atoms with Crippen LogP contribution in [0.3, 0.4) is 0 Å². The molecule has 0 saturated carbocycles. The molecule has 0 radical (unpaired) electrons. The first-order valence-corrected chi connectivity index (χ1v) is 13.1. The fraction of sp³-hybridized carbons (Fsp3) is 0.360. The molecule has 0 spiro atoms. The lowest BCUT2D eigenvalue weighted by Gasteiger charge is -2.22. The summed E-state index contributed by atoms with van der Waals surface area (Å²) in [7, 11) is 2.99. The van der Waals surface area contributed by atoms with Crippen LogP contribution in [0.15, 0.2) is 47.5 Å².